The number of alkyl halides is 3. The molecule has 10 aromatic carbocycles. The Hall–Kier alpha value is -9.43. The molecule has 0 unspecified atom stereocenters. The minimum absolute atomic E-state index is 0.112. The molecule has 12 aromatic rings. The second-order valence-corrected chi connectivity index (χ2v) is 19.4. The van der Waals surface area contributed by atoms with E-state index in [4.69, 9.17) is 0 Å². The van der Waals surface area contributed by atoms with Gasteiger partial charge in [0.1, 0.15) is 11.6 Å². The number of nitriles is 2. The van der Waals surface area contributed by atoms with E-state index in [1.165, 1.54) is 12.1 Å². The minimum atomic E-state index is -4.83. The lowest BCUT2D eigenvalue weighted by Crippen LogP contribution is -2.09. The third-order valence-electron chi connectivity index (χ3n) is 14.5. The zero-order valence-corrected chi connectivity index (χ0v) is 41.0. The van der Waals surface area contributed by atoms with E-state index in [9.17, 15) is 10.5 Å². The Kier molecular flexibility index (Phi) is 10.9. The van der Waals surface area contributed by atoms with Crippen LogP contribution < -0.4 is 0 Å². The summed E-state index contributed by atoms with van der Waals surface area (Å²) in [5.41, 5.74) is 15.5. The number of aromatic nitrogens is 2. The second kappa shape index (κ2) is 17.7. The number of hydrogen-bond acceptors (Lipinski definition) is 2. The van der Waals surface area contributed by atoms with Crippen LogP contribution >= 0.6 is 0 Å². The van der Waals surface area contributed by atoms with Crippen molar-refractivity contribution in [1.82, 2.24) is 9.13 Å². The Morgan fingerprint density at radius 2 is 0.649 bits per heavy atom. The van der Waals surface area contributed by atoms with Crippen molar-refractivity contribution in [3.63, 3.8) is 0 Å². The quantitative estimate of drug-likeness (QED) is 0.160. The Labute approximate surface area is 426 Å². The molecule has 12 rings (SSSR count). The standard InChI is InChI=1S/C67H45F3N4/c1-40-5-14-45(15-6-40)49-22-27-55-56-28-23-50(46-16-7-41(2)8-17-46)33-62(56)73(61(55)32-49)65-36-53(54-26-13-44(38-71)31-60(54)67(68,69)70)37-66(59(65)39-72)74-63-34-51(47-18-9-42(3)10-19-47)24-29-57(63)58-30-25-52(35-64(58)74)48-20-11-43(4)12-21-48/h5-37H,1-4H3. The fourth-order valence-corrected chi connectivity index (χ4v) is 10.6. The molecule has 0 amide bonds. The van der Waals surface area contributed by atoms with Gasteiger partial charge in [0.05, 0.1) is 50.6 Å². The van der Waals surface area contributed by atoms with Gasteiger partial charge in [0.25, 0.3) is 0 Å². The summed E-state index contributed by atoms with van der Waals surface area (Å²) in [6.45, 7) is 8.19. The monoisotopic (exact) mass is 962 g/mol. The number of benzene rings is 10. The van der Waals surface area contributed by atoms with E-state index < -0.39 is 11.7 Å². The summed E-state index contributed by atoms with van der Waals surface area (Å²) in [5, 5.41) is 25.5. The van der Waals surface area contributed by atoms with Crippen molar-refractivity contribution in [3.8, 4) is 79.1 Å². The van der Waals surface area contributed by atoms with Crippen molar-refractivity contribution in [2.75, 3.05) is 0 Å². The molecule has 0 aliphatic carbocycles. The molecule has 0 fully saturated rings. The topological polar surface area (TPSA) is 57.4 Å². The van der Waals surface area contributed by atoms with Gasteiger partial charge in [-0.25, -0.2) is 0 Å². The van der Waals surface area contributed by atoms with Crippen molar-refractivity contribution >= 4 is 43.6 Å². The van der Waals surface area contributed by atoms with Crippen molar-refractivity contribution < 1.29 is 13.2 Å². The maximum Gasteiger partial charge on any atom is 0.417 e. The molecule has 354 valence electrons. The van der Waals surface area contributed by atoms with Gasteiger partial charge in [0.15, 0.2) is 0 Å². The number of fused-ring (bicyclic) bond motifs is 6. The molecular weight excluding hydrogens is 918 g/mol. The number of aryl methyl sites for hydroxylation is 4. The Bertz CT molecular complexity index is 3870. The van der Waals surface area contributed by atoms with E-state index in [0.29, 0.717) is 11.4 Å². The van der Waals surface area contributed by atoms with Crippen LogP contribution in [0.2, 0.25) is 0 Å². The van der Waals surface area contributed by atoms with Crippen LogP contribution in [-0.4, -0.2) is 9.13 Å². The summed E-state index contributed by atoms with van der Waals surface area (Å²) >= 11 is 0. The lowest BCUT2D eigenvalue weighted by Gasteiger charge is -2.20. The fraction of sp³-hybridized carbons (Fsp3) is 0.0746. The SMILES string of the molecule is Cc1ccc(-c2ccc3c4ccc(-c5ccc(C)cc5)cc4n(-c4cc(-c5ccc(C#N)cc5C(F)(F)F)cc(-n5c6cc(-c7ccc(C)cc7)ccc6c6ccc(-c7ccc(C)cc7)cc65)c4C#N)c3c2)cc1. The number of rotatable bonds is 7. The van der Waals surface area contributed by atoms with Crippen molar-refractivity contribution in [3.05, 3.63) is 239 Å². The lowest BCUT2D eigenvalue weighted by molar-refractivity contribution is -0.137. The first-order chi connectivity index (χ1) is 35.8. The second-order valence-electron chi connectivity index (χ2n) is 19.4. The van der Waals surface area contributed by atoms with Crippen LogP contribution in [0, 0.1) is 50.4 Å². The molecule has 0 atom stereocenters. The smallest absolute Gasteiger partial charge is 0.308 e. The van der Waals surface area contributed by atoms with Gasteiger partial charge in [-0.2, -0.15) is 23.7 Å². The Morgan fingerprint density at radius 3 is 0.932 bits per heavy atom. The molecule has 2 aromatic heterocycles. The fourth-order valence-electron chi connectivity index (χ4n) is 10.6. The van der Waals surface area contributed by atoms with Crippen molar-refractivity contribution in [1.29, 1.82) is 10.5 Å². The summed E-state index contributed by atoms with van der Waals surface area (Å²) in [6, 6.07) is 70.2. The minimum Gasteiger partial charge on any atom is -0.308 e. The zero-order valence-electron chi connectivity index (χ0n) is 41.0. The molecule has 2 heterocycles. The van der Waals surface area contributed by atoms with E-state index >= 15 is 13.2 Å². The van der Waals surface area contributed by atoms with Crippen molar-refractivity contribution in [2.24, 2.45) is 0 Å². The van der Waals surface area contributed by atoms with Crippen molar-refractivity contribution in [2.45, 2.75) is 33.9 Å². The highest BCUT2D eigenvalue weighted by Crippen LogP contribution is 2.45. The van der Waals surface area contributed by atoms with Gasteiger partial charge in [-0.15, -0.1) is 0 Å². The molecule has 4 nitrogen and oxygen atoms in total. The summed E-state index contributed by atoms with van der Waals surface area (Å²) in [7, 11) is 0. The van der Waals surface area contributed by atoms with E-state index in [-0.39, 0.29) is 22.3 Å². The third-order valence-corrected chi connectivity index (χ3v) is 14.5. The van der Waals surface area contributed by atoms with Gasteiger partial charge < -0.3 is 9.13 Å². The molecule has 0 saturated heterocycles. The number of hydrogen-bond donors (Lipinski definition) is 0. The molecular formula is C67H45F3N4. The van der Waals surface area contributed by atoms with E-state index in [1.807, 2.05) is 33.8 Å². The highest BCUT2D eigenvalue weighted by atomic mass is 19.4. The largest absolute Gasteiger partial charge is 0.417 e. The van der Waals surface area contributed by atoms with Crippen LogP contribution in [0.15, 0.2) is 200 Å². The van der Waals surface area contributed by atoms with Gasteiger partial charge in [-0.05, 0) is 132 Å². The van der Waals surface area contributed by atoms with Crippen LogP contribution in [0.5, 0.6) is 0 Å². The lowest BCUT2D eigenvalue weighted by atomic mass is 9.94. The van der Waals surface area contributed by atoms with Crippen LogP contribution in [0.3, 0.4) is 0 Å². The highest BCUT2D eigenvalue weighted by molar-refractivity contribution is 6.13. The van der Waals surface area contributed by atoms with Gasteiger partial charge in [-0.1, -0.05) is 174 Å². The third kappa shape index (κ3) is 7.87. The summed E-state index contributed by atoms with van der Waals surface area (Å²) in [6.07, 6.45) is -4.83. The normalized spacial score (nSPS) is 11.7. The molecule has 0 aliphatic heterocycles. The average molecular weight is 963 g/mol. The molecule has 0 aliphatic rings. The summed E-state index contributed by atoms with van der Waals surface area (Å²) in [5.74, 6) is 0. The molecule has 0 spiro atoms. The van der Waals surface area contributed by atoms with Gasteiger partial charge in [0.2, 0.25) is 0 Å². The van der Waals surface area contributed by atoms with Gasteiger partial charge in [-0.3, -0.25) is 0 Å². The predicted octanol–water partition coefficient (Wildman–Crippen LogP) is 18.2. The average Bonchev–Trinajstić information content (AvgIpc) is 3.92. The first kappa shape index (κ1) is 45.7. The molecule has 74 heavy (non-hydrogen) atoms. The number of halogens is 3. The molecule has 0 N–H and O–H groups in total. The molecule has 7 heteroatoms. The van der Waals surface area contributed by atoms with E-state index in [2.05, 4.69) is 185 Å². The van der Waals surface area contributed by atoms with Crippen LogP contribution in [0.25, 0.3) is 111 Å². The maximum absolute atomic E-state index is 15.5. The van der Waals surface area contributed by atoms with E-state index in [0.717, 1.165) is 116 Å². The maximum atomic E-state index is 15.5. The Balaban J connectivity index is 1.25. The molecule has 0 saturated carbocycles. The van der Waals surface area contributed by atoms with Crippen LogP contribution in [-0.2, 0) is 6.18 Å². The highest BCUT2D eigenvalue weighted by Gasteiger charge is 2.35. The summed E-state index contributed by atoms with van der Waals surface area (Å²) < 4.78 is 50.7. The van der Waals surface area contributed by atoms with Crippen LogP contribution in [0.1, 0.15) is 38.9 Å². The van der Waals surface area contributed by atoms with Crippen LogP contribution in [0.4, 0.5) is 13.2 Å². The van der Waals surface area contributed by atoms with E-state index in [1.54, 1.807) is 12.1 Å². The predicted molar refractivity (Wildman–Crippen MR) is 296 cm³/mol. The first-order valence-corrected chi connectivity index (χ1v) is 24.5. The first-order valence-electron chi connectivity index (χ1n) is 24.5. The Morgan fingerprint density at radius 1 is 0.338 bits per heavy atom. The number of nitrogens with zero attached hydrogens (tertiary/aromatic N) is 4. The van der Waals surface area contributed by atoms with Gasteiger partial charge >= 0.3 is 6.18 Å². The molecule has 0 radical (unpaired) electrons. The summed E-state index contributed by atoms with van der Waals surface area (Å²) in [4.78, 5) is 0. The zero-order chi connectivity index (χ0) is 51.0. The van der Waals surface area contributed by atoms with Gasteiger partial charge in [0, 0.05) is 21.5 Å². The molecule has 0 bridgehead atoms.